The van der Waals surface area contributed by atoms with Gasteiger partial charge in [0.2, 0.25) is 0 Å². The summed E-state index contributed by atoms with van der Waals surface area (Å²) in [6, 6.07) is 6.31. The lowest BCUT2D eigenvalue weighted by Crippen LogP contribution is -2.30. The summed E-state index contributed by atoms with van der Waals surface area (Å²) >= 11 is 11.5. The van der Waals surface area contributed by atoms with Crippen LogP contribution in [-0.2, 0) is 9.53 Å². The molecule has 8 heteroatoms. The van der Waals surface area contributed by atoms with Crippen molar-refractivity contribution in [3.8, 4) is 0 Å². The number of aromatic nitrogens is 1. The van der Waals surface area contributed by atoms with E-state index in [4.69, 9.17) is 27.9 Å². The van der Waals surface area contributed by atoms with Crippen LogP contribution in [0.1, 0.15) is 17.3 Å². The van der Waals surface area contributed by atoms with E-state index in [9.17, 15) is 14.0 Å². The van der Waals surface area contributed by atoms with Gasteiger partial charge in [-0.15, -0.1) is 0 Å². The second-order valence-electron chi connectivity index (χ2n) is 4.52. The highest BCUT2D eigenvalue weighted by Gasteiger charge is 2.21. The van der Waals surface area contributed by atoms with Crippen LogP contribution in [0, 0.1) is 5.82 Å². The number of hydrogen-bond donors (Lipinski definition) is 1. The normalized spacial score (nSPS) is 11.7. The lowest BCUT2D eigenvalue weighted by molar-refractivity contribution is -0.123. The number of ether oxygens (including phenoxy) is 1. The van der Waals surface area contributed by atoms with Crippen LogP contribution in [0.3, 0.4) is 0 Å². The second kappa shape index (κ2) is 7.39. The molecule has 0 unspecified atom stereocenters. The molecular weight excluding hydrogens is 346 g/mol. The van der Waals surface area contributed by atoms with Gasteiger partial charge in [-0.25, -0.2) is 14.2 Å². The Morgan fingerprint density at radius 2 is 2.00 bits per heavy atom. The lowest BCUT2D eigenvalue weighted by atomic mass is 10.2. The van der Waals surface area contributed by atoms with E-state index < -0.39 is 23.8 Å². The molecule has 120 valence electrons. The monoisotopic (exact) mass is 356 g/mol. The van der Waals surface area contributed by atoms with Gasteiger partial charge >= 0.3 is 5.97 Å². The van der Waals surface area contributed by atoms with Crippen LogP contribution < -0.4 is 5.32 Å². The summed E-state index contributed by atoms with van der Waals surface area (Å²) < 4.78 is 18.0. The first kappa shape index (κ1) is 17.2. The third-order valence-corrected chi connectivity index (χ3v) is 3.32. The number of halogens is 3. The minimum Gasteiger partial charge on any atom is -0.449 e. The van der Waals surface area contributed by atoms with E-state index in [-0.39, 0.29) is 16.4 Å². The predicted molar refractivity (Wildman–Crippen MR) is 84.2 cm³/mol. The molecule has 0 saturated carbocycles. The minimum absolute atomic E-state index is 0.0302. The Labute approximate surface area is 141 Å². The smallest absolute Gasteiger partial charge is 0.340 e. The summed E-state index contributed by atoms with van der Waals surface area (Å²) in [7, 11) is 0. The van der Waals surface area contributed by atoms with Gasteiger partial charge in [-0.2, -0.15) is 0 Å². The van der Waals surface area contributed by atoms with Gasteiger partial charge in [0.1, 0.15) is 11.6 Å². The Bertz CT molecular complexity index is 738. The van der Waals surface area contributed by atoms with Crippen molar-refractivity contribution >= 4 is 40.9 Å². The third kappa shape index (κ3) is 4.64. The Morgan fingerprint density at radius 1 is 1.26 bits per heavy atom. The Morgan fingerprint density at radius 3 is 2.61 bits per heavy atom. The summed E-state index contributed by atoms with van der Waals surface area (Å²) in [5.74, 6) is -1.72. The number of benzene rings is 1. The van der Waals surface area contributed by atoms with E-state index >= 15 is 0 Å². The van der Waals surface area contributed by atoms with Gasteiger partial charge in [-0.3, -0.25) is 4.79 Å². The quantitative estimate of drug-likeness (QED) is 0.847. The van der Waals surface area contributed by atoms with Crippen LogP contribution in [-0.4, -0.2) is 23.0 Å². The fraction of sp³-hybridized carbons (Fsp3) is 0.133. The molecule has 2 aromatic rings. The largest absolute Gasteiger partial charge is 0.449 e. The Balaban J connectivity index is 2.00. The number of hydrogen-bond acceptors (Lipinski definition) is 4. The van der Waals surface area contributed by atoms with Gasteiger partial charge in [-0.1, -0.05) is 23.2 Å². The maximum atomic E-state index is 13.0. The van der Waals surface area contributed by atoms with Crippen molar-refractivity contribution in [2.45, 2.75) is 13.0 Å². The average molecular weight is 357 g/mol. The highest BCUT2D eigenvalue weighted by Crippen LogP contribution is 2.19. The summed E-state index contributed by atoms with van der Waals surface area (Å²) in [5, 5.41) is 2.80. The van der Waals surface area contributed by atoms with Crippen molar-refractivity contribution in [2.75, 3.05) is 5.32 Å². The SMILES string of the molecule is C[C@@H](OC(=O)c1ccc(F)cc1Cl)C(=O)Nc1ccc(Cl)cn1. The number of nitrogens with one attached hydrogen (secondary N) is 1. The molecule has 0 radical (unpaired) electrons. The molecule has 0 fully saturated rings. The third-order valence-electron chi connectivity index (χ3n) is 2.78. The summed E-state index contributed by atoms with van der Waals surface area (Å²) in [6.07, 6.45) is 0.271. The number of anilines is 1. The van der Waals surface area contributed by atoms with E-state index in [0.717, 1.165) is 12.1 Å². The summed E-state index contributed by atoms with van der Waals surface area (Å²) in [6.45, 7) is 1.39. The average Bonchev–Trinajstić information content (AvgIpc) is 2.49. The van der Waals surface area contributed by atoms with Crippen molar-refractivity contribution < 1.29 is 18.7 Å². The molecule has 1 heterocycles. The number of esters is 1. The number of pyridine rings is 1. The first-order valence-corrected chi connectivity index (χ1v) is 7.21. The van der Waals surface area contributed by atoms with Gasteiger partial charge in [0.15, 0.2) is 6.10 Å². The first-order valence-electron chi connectivity index (χ1n) is 6.45. The molecule has 1 amide bonds. The predicted octanol–water partition coefficient (Wildman–Crippen LogP) is 3.71. The maximum Gasteiger partial charge on any atom is 0.340 e. The molecule has 0 aliphatic heterocycles. The minimum atomic E-state index is -1.10. The van der Waals surface area contributed by atoms with E-state index in [2.05, 4.69) is 10.3 Å². The molecule has 23 heavy (non-hydrogen) atoms. The number of carbonyl (C=O) groups excluding carboxylic acids is 2. The zero-order chi connectivity index (χ0) is 17.0. The van der Waals surface area contributed by atoms with Gasteiger partial charge < -0.3 is 10.1 Å². The lowest BCUT2D eigenvalue weighted by Gasteiger charge is -2.13. The number of carbonyl (C=O) groups is 2. The molecule has 0 spiro atoms. The molecule has 1 atom stereocenters. The van der Waals surface area contributed by atoms with Crippen molar-refractivity contribution in [3.63, 3.8) is 0 Å². The zero-order valence-electron chi connectivity index (χ0n) is 11.8. The fourth-order valence-electron chi connectivity index (χ4n) is 1.61. The molecular formula is C15H11Cl2FN2O3. The number of nitrogens with zero attached hydrogens (tertiary/aromatic N) is 1. The van der Waals surface area contributed by atoms with Crippen molar-refractivity contribution in [1.29, 1.82) is 0 Å². The number of rotatable bonds is 4. The maximum absolute atomic E-state index is 13.0. The van der Waals surface area contributed by atoms with Crippen LogP contribution in [0.25, 0.3) is 0 Å². The highest BCUT2D eigenvalue weighted by molar-refractivity contribution is 6.33. The van der Waals surface area contributed by atoms with Gasteiger partial charge in [0.25, 0.3) is 5.91 Å². The zero-order valence-corrected chi connectivity index (χ0v) is 13.4. The van der Waals surface area contributed by atoms with Crippen LogP contribution in [0.5, 0.6) is 0 Å². The van der Waals surface area contributed by atoms with Gasteiger partial charge in [0.05, 0.1) is 15.6 Å². The van der Waals surface area contributed by atoms with Crippen molar-refractivity contribution in [3.05, 3.63) is 58.0 Å². The molecule has 2 rings (SSSR count). The van der Waals surface area contributed by atoms with Crippen LogP contribution in [0.4, 0.5) is 10.2 Å². The van der Waals surface area contributed by atoms with Crippen LogP contribution >= 0.6 is 23.2 Å². The molecule has 0 aliphatic carbocycles. The van der Waals surface area contributed by atoms with Crippen molar-refractivity contribution in [1.82, 2.24) is 4.98 Å². The summed E-state index contributed by atoms with van der Waals surface area (Å²) in [5.41, 5.74) is -0.0302. The molecule has 0 aliphatic rings. The fourth-order valence-corrected chi connectivity index (χ4v) is 1.97. The van der Waals surface area contributed by atoms with E-state index in [1.165, 1.54) is 25.3 Å². The van der Waals surface area contributed by atoms with E-state index in [1.807, 2.05) is 0 Å². The van der Waals surface area contributed by atoms with Gasteiger partial charge in [-0.05, 0) is 37.3 Å². The second-order valence-corrected chi connectivity index (χ2v) is 5.37. The topological polar surface area (TPSA) is 68.3 Å². The Kier molecular flexibility index (Phi) is 5.52. The number of amides is 1. The van der Waals surface area contributed by atoms with E-state index in [1.54, 1.807) is 6.07 Å². The molecule has 1 aromatic heterocycles. The van der Waals surface area contributed by atoms with Gasteiger partial charge in [0, 0.05) is 6.20 Å². The molecule has 0 bridgehead atoms. The van der Waals surface area contributed by atoms with Crippen LogP contribution in [0.15, 0.2) is 36.5 Å². The van der Waals surface area contributed by atoms with Crippen molar-refractivity contribution in [2.24, 2.45) is 0 Å². The molecule has 5 nitrogen and oxygen atoms in total. The highest BCUT2D eigenvalue weighted by atomic mass is 35.5. The Hall–Kier alpha value is -2.18. The molecule has 0 saturated heterocycles. The summed E-state index contributed by atoms with van der Waals surface area (Å²) in [4.78, 5) is 27.8. The molecule has 1 N–H and O–H groups in total. The first-order chi connectivity index (χ1) is 10.9. The van der Waals surface area contributed by atoms with Crippen LogP contribution in [0.2, 0.25) is 10.0 Å². The molecule has 1 aromatic carbocycles. The van der Waals surface area contributed by atoms with E-state index in [0.29, 0.717) is 5.02 Å². The standard InChI is InChI=1S/C15H11Cl2FN2O3/c1-8(14(21)20-13-5-2-9(16)7-19-13)23-15(22)11-4-3-10(18)6-12(11)17/h2-8H,1H3,(H,19,20,21)/t8-/m1/s1.